The van der Waals surface area contributed by atoms with Gasteiger partial charge in [-0.2, -0.15) is 0 Å². The van der Waals surface area contributed by atoms with E-state index in [1.165, 1.54) is 6.07 Å². The van der Waals surface area contributed by atoms with E-state index in [4.69, 9.17) is 28.9 Å². The number of nitrogens with two attached hydrogens (primary N) is 1. The van der Waals surface area contributed by atoms with Crippen LogP contribution in [0.4, 0.5) is 20.2 Å². The molecule has 1 aromatic heterocycles. The van der Waals surface area contributed by atoms with Gasteiger partial charge in [0.2, 0.25) is 0 Å². The molecule has 3 aromatic rings. The normalized spacial score (nSPS) is 13.9. The smallest absolute Gasteiger partial charge is 0.191 e. The molecule has 8 heteroatoms. The predicted octanol–water partition coefficient (Wildman–Crippen LogP) is 5.16. The fourth-order valence-corrected chi connectivity index (χ4v) is 3.86. The number of anilines is 2. The molecule has 0 unspecified atom stereocenters. The lowest BCUT2D eigenvalue weighted by molar-refractivity contribution is 0.590. The molecule has 4 nitrogen and oxygen atoms in total. The quantitative estimate of drug-likeness (QED) is 0.557. The van der Waals surface area contributed by atoms with Crippen LogP contribution < -0.4 is 16.5 Å². The molecular formula is C20H17Cl2F2N3O. The van der Waals surface area contributed by atoms with E-state index in [1.54, 1.807) is 29.0 Å². The Morgan fingerprint density at radius 3 is 2.61 bits per heavy atom. The summed E-state index contributed by atoms with van der Waals surface area (Å²) in [6, 6.07) is 6.47. The van der Waals surface area contributed by atoms with Crippen molar-refractivity contribution >= 4 is 45.5 Å². The number of rotatable bonds is 5. The lowest BCUT2D eigenvalue weighted by Gasteiger charge is -2.17. The summed E-state index contributed by atoms with van der Waals surface area (Å²) in [7, 11) is 0. The summed E-state index contributed by atoms with van der Waals surface area (Å²) in [6.45, 7) is 0.223. The minimum Gasteiger partial charge on any atom is -0.396 e. The molecule has 28 heavy (non-hydrogen) atoms. The highest BCUT2D eigenvalue weighted by atomic mass is 35.5. The maximum absolute atomic E-state index is 15.2. The van der Waals surface area contributed by atoms with Gasteiger partial charge in [0.1, 0.15) is 5.69 Å². The van der Waals surface area contributed by atoms with Gasteiger partial charge in [-0.3, -0.25) is 4.79 Å². The SMILES string of the molecule is Nc1c(F)c(NCCc2ccc(Cl)cc2Cl)c(F)c2c1c(=O)ccn2C1CC1. The van der Waals surface area contributed by atoms with E-state index < -0.39 is 17.1 Å². The van der Waals surface area contributed by atoms with Crippen LogP contribution in [0.3, 0.4) is 0 Å². The number of fused-ring (bicyclic) bond motifs is 1. The number of halogens is 4. The minimum absolute atomic E-state index is 0.0425. The van der Waals surface area contributed by atoms with Gasteiger partial charge in [0.25, 0.3) is 0 Å². The third-order valence-corrected chi connectivity index (χ3v) is 5.52. The second-order valence-electron chi connectivity index (χ2n) is 6.87. The highest BCUT2D eigenvalue weighted by molar-refractivity contribution is 6.35. The molecule has 1 saturated carbocycles. The molecule has 4 rings (SSSR count). The van der Waals surface area contributed by atoms with Gasteiger partial charge in [-0.15, -0.1) is 0 Å². The van der Waals surface area contributed by atoms with Crippen LogP contribution in [-0.4, -0.2) is 11.1 Å². The summed E-state index contributed by atoms with van der Waals surface area (Å²) < 4.78 is 31.7. The van der Waals surface area contributed by atoms with E-state index in [9.17, 15) is 9.18 Å². The summed E-state index contributed by atoms with van der Waals surface area (Å²) in [5, 5.41) is 3.65. The maximum Gasteiger partial charge on any atom is 0.191 e. The van der Waals surface area contributed by atoms with Crippen LogP contribution >= 0.6 is 23.2 Å². The molecule has 1 heterocycles. The number of hydrogen-bond donors (Lipinski definition) is 2. The van der Waals surface area contributed by atoms with Crippen molar-refractivity contribution in [2.24, 2.45) is 0 Å². The highest BCUT2D eigenvalue weighted by Crippen LogP contribution is 2.40. The molecule has 3 N–H and O–H groups in total. The van der Waals surface area contributed by atoms with Gasteiger partial charge in [-0.25, -0.2) is 8.78 Å². The van der Waals surface area contributed by atoms with Gasteiger partial charge >= 0.3 is 0 Å². The van der Waals surface area contributed by atoms with E-state index in [0.717, 1.165) is 18.4 Å². The Balaban J connectivity index is 1.71. The lowest BCUT2D eigenvalue weighted by atomic mass is 10.1. The van der Waals surface area contributed by atoms with Crippen molar-refractivity contribution in [1.29, 1.82) is 0 Å². The molecule has 0 amide bonds. The molecule has 1 aliphatic carbocycles. The van der Waals surface area contributed by atoms with Crippen LogP contribution in [0.1, 0.15) is 24.4 Å². The highest BCUT2D eigenvalue weighted by Gasteiger charge is 2.29. The predicted molar refractivity (Wildman–Crippen MR) is 109 cm³/mol. The number of nitrogens with one attached hydrogen (secondary N) is 1. The molecule has 146 valence electrons. The Labute approximate surface area is 169 Å². The van der Waals surface area contributed by atoms with Crippen molar-refractivity contribution in [1.82, 2.24) is 4.57 Å². The first-order valence-electron chi connectivity index (χ1n) is 8.87. The molecule has 0 aliphatic heterocycles. The first-order valence-corrected chi connectivity index (χ1v) is 9.63. The summed E-state index contributed by atoms with van der Waals surface area (Å²) in [4.78, 5) is 12.2. The van der Waals surface area contributed by atoms with Crippen molar-refractivity contribution in [2.75, 3.05) is 17.6 Å². The lowest BCUT2D eigenvalue weighted by Crippen LogP contribution is -2.16. The third kappa shape index (κ3) is 3.31. The van der Waals surface area contributed by atoms with E-state index in [-0.39, 0.29) is 34.9 Å². The first kappa shape index (κ1) is 19.0. The average Bonchev–Trinajstić information content (AvgIpc) is 3.49. The van der Waals surface area contributed by atoms with Crippen LogP contribution in [0.25, 0.3) is 10.9 Å². The Morgan fingerprint density at radius 2 is 1.93 bits per heavy atom. The molecule has 0 bridgehead atoms. The van der Waals surface area contributed by atoms with Crippen molar-refractivity contribution in [3.05, 3.63) is 67.9 Å². The summed E-state index contributed by atoms with van der Waals surface area (Å²) in [5.41, 5.74) is 5.53. The van der Waals surface area contributed by atoms with Crippen molar-refractivity contribution in [3.63, 3.8) is 0 Å². The molecule has 1 aliphatic rings. The van der Waals surface area contributed by atoms with Gasteiger partial charge in [-0.05, 0) is 37.0 Å². The molecule has 0 atom stereocenters. The number of hydrogen-bond acceptors (Lipinski definition) is 3. The van der Waals surface area contributed by atoms with Crippen LogP contribution in [-0.2, 0) is 6.42 Å². The monoisotopic (exact) mass is 423 g/mol. The van der Waals surface area contributed by atoms with E-state index in [1.807, 2.05) is 0 Å². The van der Waals surface area contributed by atoms with Crippen molar-refractivity contribution < 1.29 is 8.78 Å². The van der Waals surface area contributed by atoms with Crippen LogP contribution in [0.15, 0.2) is 35.3 Å². The molecule has 2 aromatic carbocycles. The number of aromatic nitrogens is 1. The summed E-state index contributed by atoms with van der Waals surface area (Å²) >= 11 is 12.0. The first-order chi connectivity index (χ1) is 13.4. The van der Waals surface area contributed by atoms with Crippen LogP contribution in [0.2, 0.25) is 10.0 Å². The van der Waals surface area contributed by atoms with E-state index in [2.05, 4.69) is 5.32 Å². The number of benzene rings is 2. The zero-order chi connectivity index (χ0) is 20.0. The maximum atomic E-state index is 15.2. The second kappa shape index (κ2) is 7.26. The fraction of sp³-hybridized carbons (Fsp3) is 0.250. The zero-order valence-corrected chi connectivity index (χ0v) is 16.2. The Kier molecular flexibility index (Phi) is 4.93. The largest absolute Gasteiger partial charge is 0.396 e. The zero-order valence-electron chi connectivity index (χ0n) is 14.7. The number of nitrogen functional groups attached to an aromatic ring is 1. The van der Waals surface area contributed by atoms with Crippen LogP contribution in [0.5, 0.6) is 0 Å². The van der Waals surface area contributed by atoms with E-state index >= 15 is 4.39 Å². The topological polar surface area (TPSA) is 60.0 Å². The van der Waals surface area contributed by atoms with Gasteiger partial charge in [-0.1, -0.05) is 29.3 Å². The van der Waals surface area contributed by atoms with Crippen LogP contribution in [0, 0.1) is 11.6 Å². The fourth-order valence-electron chi connectivity index (χ4n) is 3.35. The van der Waals surface area contributed by atoms with Gasteiger partial charge in [0.05, 0.1) is 16.6 Å². The van der Waals surface area contributed by atoms with Gasteiger partial charge < -0.3 is 15.6 Å². The molecule has 0 radical (unpaired) electrons. The number of nitrogens with zero attached hydrogens (tertiary/aromatic N) is 1. The molecule has 0 saturated heterocycles. The van der Waals surface area contributed by atoms with E-state index in [0.29, 0.717) is 16.5 Å². The average molecular weight is 424 g/mol. The van der Waals surface area contributed by atoms with Crippen molar-refractivity contribution in [2.45, 2.75) is 25.3 Å². The van der Waals surface area contributed by atoms with Crippen molar-refractivity contribution in [3.8, 4) is 0 Å². The second-order valence-corrected chi connectivity index (χ2v) is 7.71. The van der Waals surface area contributed by atoms with Gasteiger partial charge in [0, 0.05) is 34.9 Å². The standard InChI is InChI=1S/C20H17Cl2F2N3O/c21-11-2-1-10(13(22)9-11)5-7-26-19-16(23)18(25)15-14(28)6-8-27(12-3-4-12)20(15)17(19)24/h1-2,6,8-9,12,26H,3-5,7,25H2. The Bertz CT molecular complexity index is 1140. The third-order valence-electron chi connectivity index (χ3n) is 4.93. The summed E-state index contributed by atoms with van der Waals surface area (Å²) in [5.74, 6) is -1.77. The van der Waals surface area contributed by atoms with Gasteiger partial charge in [0.15, 0.2) is 17.1 Å². The summed E-state index contributed by atoms with van der Waals surface area (Å²) in [6.07, 6.45) is 3.73. The molecule has 1 fully saturated rings. The number of pyridine rings is 1. The molecule has 0 spiro atoms. The Hall–Kier alpha value is -2.31. The minimum atomic E-state index is -0.960. The Morgan fingerprint density at radius 1 is 1.18 bits per heavy atom. The molecular weight excluding hydrogens is 407 g/mol.